The monoisotopic (exact) mass is 1040 g/mol. The largest absolute Gasteiger partial charge is 0.417 e. The highest BCUT2D eigenvalue weighted by Crippen LogP contribution is 2.44. The smallest absolute Gasteiger partial charge is 0.192 e. The fourth-order valence-corrected chi connectivity index (χ4v) is 13.6. The summed E-state index contributed by atoms with van der Waals surface area (Å²) in [6.07, 6.45) is 11.0. The molecular formula is C62H106O5Si4. The third-order valence-corrected chi connectivity index (χ3v) is 35.2. The zero-order valence-electron chi connectivity index (χ0n) is 49.9. The fraction of sp³-hybridized carbons (Fsp3) is 0.645. The first-order chi connectivity index (χ1) is 32.4. The van der Waals surface area contributed by atoms with E-state index in [2.05, 4.69) is 278 Å². The van der Waals surface area contributed by atoms with Crippen LogP contribution in [0, 0.1) is 23.7 Å². The number of benzene rings is 3. The van der Waals surface area contributed by atoms with Crippen molar-refractivity contribution in [3.05, 3.63) is 132 Å². The molecule has 0 aliphatic rings. The Bertz CT molecular complexity index is 1970. The molecule has 7 atom stereocenters. The minimum Gasteiger partial charge on any atom is -0.417 e. The minimum atomic E-state index is -2.23. The van der Waals surface area contributed by atoms with E-state index in [9.17, 15) is 0 Å². The van der Waals surface area contributed by atoms with E-state index in [0.717, 1.165) is 36.1 Å². The van der Waals surface area contributed by atoms with E-state index in [0.29, 0.717) is 18.4 Å². The normalized spacial score (nSPS) is 17.3. The van der Waals surface area contributed by atoms with Crippen LogP contribution in [0.25, 0.3) is 0 Å². The summed E-state index contributed by atoms with van der Waals surface area (Å²) in [7, 11) is -8.44. The van der Waals surface area contributed by atoms with Gasteiger partial charge in [0.15, 0.2) is 33.3 Å². The first-order valence-corrected chi connectivity index (χ1v) is 38.8. The van der Waals surface area contributed by atoms with Crippen molar-refractivity contribution in [2.24, 2.45) is 23.7 Å². The molecule has 3 aromatic carbocycles. The molecule has 0 bridgehead atoms. The average molecular weight is 1040 g/mol. The van der Waals surface area contributed by atoms with Gasteiger partial charge in [-0.3, -0.25) is 0 Å². The first-order valence-electron chi connectivity index (χ1n) is 27.2. The second-order valence-electron chi connectivity index (χ2n) is 27.4. The Kier molecular flexibility index (Phi) is 22.3. The molecule has 0 aliphatic heterocycles. The quantitative estimate of drug-likeness (QED) is 0.0481. The first kappa shape index (κ1) is 63.1. The number of hydrogen-bond donors (Lipinski definition) is 0. The van der Waals surface area contributed by atoms with Crippen LogP contribution in [-0.4, -0.2) is 64.8 Å². The second-order valence-corrected chi connectivity index (χ2v) is 46.5. The van der Waals surface area contributed by atoms with Crippen LogP contribution in [0.4, 0.5) is 0 Å². The van der Waals surface area contributed by atoms with Gasteiger partial charge in [0.25, 0.3) is 0 Å². The Morgan fingerprint density at radius 1 is 0.451 bits per heavy atom. The van der Waals surface area contributed by atoms with Gasteiger partial charge < -0.3 is 22.4 Å². The lowest BCUT2D eigenvalue weighted by Gasteiger charge is -2.44. The molecule has 5 nitrogen and oxygen atoms in total. The Hall–Kier alpha value is -2.19. The Labute approximate surface area is 442 Å². The van der Waals surface area contributed by atoms with Gasteiger partial charge in [0, 0.05) is 13.0 Å². The minimum absolute atomic E-state index is 0.0376. The predicted molar refractivity (Wildman–Crippen MR) is 319 cm³/mol. The molecule has 0 radical (unpaired) electrons. The summed E-state index contributed by atoms with van der Waals surface area (Å²) < 4.78 is 36.5. The summed E-state index contributed by atoms with van der Waals surface area (Å²) in [5, 5.41) is 0.355. The molecule has 0 unspecified atom stereocenters. The van der Waals surface area contributed by atoms with Gasteiger partial charge in [-0.2, -0.15) is 0 Å². The van der Waals surface area contributed by atoms with Crippen molar-refractivity contribution < 1.29 is 22.4 Å². The molecule has 0 N–H and O–H groups in total. The molecular weight excluding hydrogens is 937 g/mol. The molecule has 3 rings (SSSR count). The zero-order chi connectivity index (χ0) is 54.1. The van der Waals surface area contributed by atoms with E-state index in [1.165, 1.54) is 0 Å². The van der Waals surface area contributed by atoms with Crippen LogP contribution in [0.3, 0.4) is 0 Å². The van der Waals surface area contributed by atoms with Crippen LogP contribution in [0.5, 0.6) is 0 Å². The van der Waals surface area contributed by atoms with Crippen molar-refractivity contribution in [3.8, 4) is 0 Å². The molecule has 0 aromatic heterocycles. The number of hydrogen-bond acceptors (Lipinski definition) is 5. The standard InChI is InChI=1S/C62H106O5Si4/c1-48(47-64-68(17,18)58(5,6)7)45-51(4)57(67-71(23,24)61(14,15)16)50(3)42-43-55(65-69(19,20)59(8,9)10)46-56(66-70(21,22)60(11,12)13)49(2)35-34-44-63-62(52-36-28-25-29-37-52,53-38-30-26-31-39-53)54-40-32-27-33-41-54/h25-43,48-51,55-57H,44-47H2,1-24H3/t48-,49-,50+,51+,55-,56+,57+/m1/s1. The van der Waals surface area contributed by atoms with Crippen LogP contribution in [0.2, 0.25) is 72.5 Å². The van der Waals surface area contributed by atoms with Crippen molar-refractivity contribution in [2.45, 2.75) is 220 Å². The highest BCUT2D eigenvalue weighted by atomic mass is 28.4. The summed E-state index contributed by atoms with van der Waals surface area (Å²) in [4.78, 5) is 0. The number of rotatable bonds is 25. The summed E-state index contributed by atoms with van der Waals surface area (Å²) >= 11 is 0. The molecule has 3 aromatic rings. The van der Waals surface area contributed by atoms with Crippen LogP contribution in [-0.2, 0) is 28.0 Å². The maximum Gasteiger partial charge on any atom is 0.192 e. The lowest BCUT2D eigenvalue weighted by atomic mass is 9.80. The third kappa shape index (κ3) is 17.4. The summed E-state index contributed by atoms with van der Waals surface area (Å²) in [6.45, 7) is 57.9. The van der Waals surface area contributed by atoms with Gasteiger partial charge in [-0.15, -0.1) is 0 Å². The maximum atomic E-state index is 7.53. The zero-order valence-corrected chi connectivity index (χ0v) is 53.9. The third-order valence-electron chi connectivity index (χ3n) is 17.2. The Morgan fingerprint density at radius 3 is 1.25 bits per heavy atom. The summed E-state index contributed by atoms with van der Waals surface area (Å²) in [5.41, 5.74) is 2.50. The van der Waals surface area contributed by atoms with Crippen LogP contribution in [0.15, 0.2) is 115 Å². The van der Waals surface area contributed by atoms with Crippen LogP contribution >= 0.6 is 0 Å². The van der Waals surface area contributed by atoms with Crippen molar-refractivity contribution >= 4 is 33.3 Å². The average Bonchev–Trinajstić information content (AvgIpc) is 3.25. The van der Waals surface area contributed by atoms with E-state index in [1.807, 2.05) is 0 Å². The molecule has 0 saturated carbocycles. The molecule has 0 amide bonds. The van der Waals surface area contributed by atoms with E-state index < -0.39 is 38.9 Å². The van der Waals surface area contributed by atoms with E-state index in [1.54, 1.807) is 0 Å². The Morgan fingerprint density at radius 2 is 0.845 bits per heavy atom. The predicted octanol–water partition coefficient (Wildman–Crippen LogP) is 18.6. The molecule has 0 aliphatic carbocycles. The van der Waals surface area contributed by atoms with Gasteiger partial charge >= 0.3 is 0 Å². The molecule has 9 heteroatoms. The molecule has 0 spiro atoms. The maximum absolute atomic E-state index is 7.53. The fourth-order valence-electron chi connectivity index (χ4n) is 8.28. The molecule has 71 heavy (non-hydrogen) atoms. The van der Waals surface area contributed by atoms with Gasteiger partial charge in [0.05, 0.1) is 24.9 Å². The highest BCUT2D eigenvalue weighted by Gasteiger charge is 2.45. The topological polar surface area (TPSA) is 46.2 Å². The molecule has 0 saturated heterocycles. The van der Waals surface area contributed by atoms with Crippen LogP contribution in [0.1, 0.15) is 140 Å². The van der Waals surface area contributed by atoms with Crippen molar-refractivity contribution in [2.75, 3.05) is 13.2 Å². The van der Waals surface area contributed by atoms with E-state index in [4.69, 9.17) is 22.4 Å². The van der Waals surface area contributed by atoms with Gasteiger partial charge in [-0.25, -0.2) is 0 Å². The number of ether oxygens (including phenoxy) is 1. The van der Waals surface area contributed by atoms with Gasteiger partial charge in [0.1, 0.15) is 5.60 Å². The second kappa shape index (κ2) is 25.1. The SMILES string of the molecule is C[C@@H](CO[Si](C)(C)C(C)(C)C)C[C@H](C)[C@@H](O[Si](C)(C)C(C)(C)C)[C@@H](C)C=C[C@H](C[C@H](O[Si](C)(C)C(C)(C)C)[C@H](C)C=CCOC(c1ccccc1)(c1ccccc1)c1ccccc1)O[Si](C)(C)C(C)(C)C. The molecule has 400 valence electrons. The lowest BCUT2D eigenvalue weighted by Crippen LogP contribution is -2.48. The highest BCUT2D eigenvalue weighted by molar-refractivity contribution is 6.75. The van der Waals surface area contributed by atoms with Gasteiger partial charge in [-0.1, -0.05) is 226 Å². The molecule has 0 fully saturated rings. The lowest BCUT2D eigenvalue weighted by molar-refractivity contribution is 0.0314. The Balaban J connectivity index is 2.08. The van der Waals surface area contributed by atoms with Crippen molar-refractivity contribution in [1.29, 1.82) is 0 Å². The molecule has 0 heterocycles. The van der Waals surface area contributed by atoms with Gasteiger partial charge in [-0.05, 0) is 119 Å². The van der Waals surface area contributed by atoms with E-state index >= 15 is 0 Å². The van der Waals surface area contributed by atoms with Crippen LogP contribution < -0.4 is 0 Å². The van der Waals surface area contributed by atoms with Crippen molar-refractivity contribution in [1.82, 2.24) is 0 Å². The summed E-state index contributed by atoms with van der Waals surface area (Å²) in [5.74, 6) is 1.03. The van der Waals surface area contributed by atoms with Gasteiger partial charge in [0.2, 0.25) is 0 Å². The van der Waals surface area contributed by atoms with E-state index in [-0.39, 0.29) is 50.3 Å². The summed E-state index contributed by atoms with van der Waals surface area (Å²) in [6, 6.07) is 31.9. The van der Waals surface area contributed by atoms with Crippen molar-refractivity contribution in [3.63, 3.8) is 0 Å².